The smallest absolute Gasteiger partial charge is 0.224 e. The topological polar surface area (TPSA) is 41.6 Å². The molecule has 178 valence electrons. The molecule has 4 nitrogen and oxygen atoms in total. The number of hydrogen-bond acceptors (Lipinski definition) is 3. The second-order valence-electron chi connectivity index (χ2n) is 8.99. The fourth-order valence-electron chi connectivity index (χ4n) is 4.67. The molecule has 3 aromatic carbocycles. The summed E-state index contributed by atoms with van der Waals surface area (Å²) in [6.45, 7) is 3.94. The molecule has 0 radical (unpaired) electrons. The van der Waals surface area contributed by atoms with Gasteiger partial charge in [-0.05, 0) is 60.2 Å². The largest absolute Gasteiger partial charge is 0.497 e. The molecule has 1 N–H and O–H groups in total. The number of piperidine rings is 1. The lowest BCUT2D eigenvalue weighted by Gasteiger charge is -2.37. The van der Waals surface area contributed by atoms with Gasteiger partial charge in [-0.2, -0.15) is 0 Å². The number of halogens is 2. The number of carbonyl (C=O) groups excluding carboxylic acids is 1. The van der Waals surface area contributed by atoms with Gasteiger partial charge in [0.2, 0.25) is 5.91 Å². The second-order valence-corrected chi connectivity index (χ2v) is 8.99. The van der Waals surface area contributed by atoms with Crippen LogP contribution in [0.5, 0.6) is 5.75 Å². The summed E-state index contributed by atoms with van der Waals surface area (Å²) < 4.78 is 33.2. The predicted octanol–water partition coefficient (Wildman–Crippen LogP) is 5.20. The Kier molecular flexibility index (Phi) is 7.58. The molecule has 0 aromatic heterocycles. The standard InChI is InChI=1S/C28H30F2N2O2/c1-19-12-21(10-11-26(19)29)23-14-24(28(33)31-15-22-7-3-4-9-27(22)30)18-32(17-23)16-20-6-5-8-25(13-20)34-2/h3-13,23-24H,14-18H2,1-2H3,(H,31,33). The summed E-state index contributed by atoms with van der Waals surface area (Å²) in [5.74, 6) is -0.0380. The monoisotopic (exact) mass is 464 g/mol. The Labute approximate surface area is 199 Å². The summed E-state index contributed by atoms with van der Waals surface area (Å²) in [5.41, 5.74) is 3.19. The summed E-state index contributed by atoms with van der Waals surface area (Å²) in [6.07, 6.45) is 0.656. The molecule has 2 atom stereocenters. The first-order chi connectivity index (χ1) is 16.4. The van der Waals surface area contributed by atoms with Crippen molar-refractivity contribution in [3.05, 3.63) is 101 Å². The molecule has 0 spiro atoms. The van der Waals surface area contributed by atoms with Gasteiger partial charge in [-0.25, -0.2) is 8.78 Å². The van der Waals surface area contributed by atoms with Crippen molar-refractivity contribution in [2.45, 2.75) is 32.4 Å². The van der Waals surface area contributed by atoms with E-state index < -0.39 is 0 Å². The molecule has 3 aromatic rings. The molecule has 1 saturated heterocycles. The fourth-order valence-corrected chi connectivity index (χ4v) is 4.67. The number of likely N-dealkylation sites (tertiary alicyclic amines) is 1. The molecule has 1 aliphatic heterocycles. The molecule has 0 saturated carbocycles. The number of ether oxygens (including phenoxy) is 1. The Hall–Kier alpha value is -3.25. The number of methoxy groups -OCH3 is 1. The van der Waals surface area contributed by atoms with Crippen LogP contribution in [0.2, 0.25) is 0 Å². The molecule has 1 fully saturated rings. The average Bonchev–Trinajstić information content (AvgIpc) is 2.85. The van der Waals surface area contributed by atoms with E-state index in [2.05, 4.69) is 10.2 Å². The maximum Gasteiger partial charge on any atom is 0.224 e. The van der Waals surface area contributed by atoms with E-state index in [0.717, 1.165) is 23.4 Å². The van der Waals surface area contributed by atoms with E-state index in [1.807, 2.05) is 36.4 Å². The van der Waals surface area contributed by atoms with Crippen molar-refractivity contribution in [2.75, 3.05) is 20.2 Å². The van der Waals surface area contributed by atoms with Crippen LogP contribution in [0.15, 0.2) is 66.7 Å². The number of carbonyl (C=O) groups is 1. The van der Waals surface area contributed by atoms with E-state index in [0.29, 0.717) is 30.6 Å². The Morgan fingerprint density at radius 3 is 2.62 bits per heavy atom. The highest BCUT2D eigenvalue weighted by Gasteiger charge is 2.32. The second kappa shape index (κ2) is 10.8. The number of nitrogens with one attached hydrogen (secondary N) is 1. The van der Waals surface area contributed by atoms with Gasteiger partial charge in [-0.15, -0.1) is 0 Å². The highest BCUT2D eigenvalue weighted by atomic mass is 19.1. The third-order valence-electron chi connectivity index (χ3n) is 6.50. The molecular weight excluding hydrogens is 434 g/mol. The lowest BCUT2D eigenvalue weighted by Crippen LogP contribution is -2.45. The summed E-state index contributed by atoms with van der Waals surface area (Å²) in [7, 11) is 1.64. The molecular formula is C28H30F2N2O2. The molecule has 1 aliphatic rings. The molecule has 6 heteroatoms. The summed E-state index contributed by atoms with van der Waals surface area (Å²) in [4.78, 5) is 15.4. The zero-order valence-electron chi connectivity index (χ0n) is 19.6. The fraction of sp³-hybridized carbons (Fsp3) is 0.321. The highest BCUT2D eigenvalue weighted by Crippen LogP contribution is 2.32. The van der Waals surface area contributed by atoms with E-state index in [4.69, 9.17) is 4.74 Å². The van der Waals surface area contributed by atoms with Crippen molar-refractivity contribution in [3.63, 3.8) is 0 Å². The predicted molar refractivity (Wildman–Crippen MR) is 129 cm³/mol. The summed E-state index contributed by atoms with van der Waals surface area (Å²) in [5, 5.41) is 2.92. The minimum absolute atomic E-state index is 0.0860. The molecule has 0 aliphatic carbocycles. The van der Waals surface area contributed by atoms with E-state index in [1.165, 1.54) is 12.1 Å². The minimum atomic E-state index is -0.328. The van der Waals surface area contributed by atoms with E-state index in [1.54, 1.807) is 32.2 Å². The number of nitrogens with zero attached hydrogens (tertiary/aromatic N) is 1. The minimum Gasteiger partial charge on any atom is -0.497 e. The van der Waals surface area contributed by atoms with Crippen LogP contribution in [0.1, 0.15) is 34.6 Å². The lowest BCUT2D eigenvalue weighted by molar-refractivity contribution is -0.127. The molecule has 4 rings (SSSR count). The van der Waals surface area contributed by atoms with Gasteiger partial charge in [0.15, 0.2) is 0 Å². The summed E-state index contributed by atoms with van der Waals surface area (Å²) in [6, 6.07) is 19.6. The Morgan fingerprint density at radius 1 is 1.03 bits per heavy atom. The zero-order valence-corrected chi connectivity index (χ0v) is 19.6. The maximum atomic E-state index is 14.0. The third-order valence-corrected chi connectivity index (χ3v) is 6.50. The van der Waals surface area contributed by atoms with Crippen molar-refractivity contribution < 1.29 is 18.3 Å². The Bertz CT molecular complexity index is 1150. The Morgan fingerprint density at radius 2 is 1.85 bits per heavy atom. The number of rotatable bonds is 7. The first kappa shape index (κ1) is 23.9. The normalized spacial score (nSPS) is 18.5. The van der Waals surface area contributed by atoms with Gasteiger partial charge >= 0.3 is 0 Å². The van der Waals surface area contributed by atoms with Crippen molar-refractivity contribution in [2.24, 2.45) is 5.92 Å². The highest BCUT2D eigenvalue weighted by molar-refractivity contribution is 5.79. The molecule has 2 unspecified atom stereocenters. The number of amides is 1. The number of hydrogen-bond donors (Lipinski definition) is 1. The van der Waals surface area contributed by atoms with Crippen LogP contribution in [0, 0.1) is 24.5 Å². The lowest BCUT2D eigenvalue weighted by atomic mass is 9.83. The average molecular weight is 465 g/mol. The van der Waals surface area contributed by atoms with E-state index in [-0.39, 0.29) is 35.9 Å². The summed E-state index contributed by atoms with van der Waals surface area (Å²) >= 11 is 0. The number of aryl methyl sites for hydroxylation is 1. The van der Waals surface area contributed by atoms with Crippen LogP contribution in [-0.2, 0) is 17.9 Å². The van der Waals surface area contributed by atoms with Gasteiger partial charge in [0, 0.05) is 31.7 Å². The van der Waals surface area contributed by atoms with Gasteiger partial charge < -0.3 is 10.1 Å². The van der Waals surface area contributed by atoms with Crippen LogP contribution in [0.25, 0.3) is 0 Å². The first-order valence-corrected chi connectivity index (χ1v) is 11.6. The quantitative estimate of drug-likeness (QED) is 0.522. The van der Waals surface area contributed by atoms with Gasteiger partial charge in [-0.1, -0.05) is 42.5 Å². The van der Waals surface area contributed by atoms with Crippen LogP contribution >= 0.6 is 0 Å². The van der Waals surface area contributed by atoms with Crippen molar-refractivity contribution in [3.8, 4) is 5.75 Å². The molecule has 1 heterocycles. The van der Waals surface area contributed by atoms with Crippen LogP contribution < -0.4 is 10.1 Å². The first-order valence-electron chi connectivity index (χ1n) is 11.6. The Balaban J connectivity index is 1.52. The molecule has 0 bridgehead atoms. The van der Waals surface area contributed by atoms with Crippen molar-refractivity contribution in [1.82, 2.24) is 10.2 Å². The molecule has 34 heavy (non-hydrogen) atoms. The van der Waals surface area contributed by atoms with Gasteiger partial charge in [0.1, 0.15) is 17.4 Å². The molecule has 1 amide bonds. The van der Waals surface area contributed by atoms with Gasteiger partial charge in [-0.3, -0.25) is 9.69 Å². The van der Waals surface area contributed by atoms with Crippen molar-refractivity contribution >= 4 is 5.91 Å². The SMILES string of the molecule is COc1cccc(CN2CC(C(=O)NCc3ccccc3F)CC(c3ccc(F)c(C)c3)C2)c1. The van der Waals surface area contributed by atoms with Crippen LogP contribution in [-0.4, -0.2) is 31.0 Å². The van der Waals surface area contributed by atoms with E-state index >= 15 is 0 Å². The zero-order chi connectivity index (χ0) is 24.1. The van der Waals surface area contributed by atoms with Gasteiger partial charge in [0.05, 0.1) is 13.0 Å². The van der Waals surface area contributed by atoms with Crippen molar-refractivity contribution in [1.29, 1.82) is 0 Å². The van der Waals surface area contributed by atoms with Crippen LogP contribution in [0.4, 0.5) is 8.78 Å². The van der Waals surface area contributed by atoms with E-state index in [9.17, 15) is 13.6 Å². The number of benzene rings is 3. The van der Waals surface area contributed by atoms with Gasteiger partial charge in [0.25, 0.3) is 0 Å². The van der Waals surface area contributed by atoms with Crippen LogP contribution in [0.3, 0.4) is 0 Å². The third kappa shape index (κ3) is 5.81. The maximum absolute atomic E-state index is 14.0.